The number of nitrogens with zero attached hydrogens (tertiary/aromatic N) is 1. The molecule has 0 aliphatic carbocycles. The van der Waals surface area contributed by atoms with E-state index in [9.17, 15) is 9.18 Å². The van der Waals surface area contributed by atoms with Gasteiger partial charge in [-0.2, -0.15) is 0 Å². The van der Waals surface area contributed by atoms with Crippen LogP contribution in [0.5, 0.6) is 0 Å². The van der Waals surface area contributed by atoms with E-state index in [1.54, 1.807) is 30.2 Å². The maximum Gasteiger partial charge on any atom is 0.290 e. The molecule has 5 nitrogen and oxygen atoms in total. The summed E-state index contributed by atoms with van der Waals surface area (Å²) in [5, 5.41) is 0.614. The lowest BCUT2D eigenvalue weighted by Crippen LogP contribution is -2.37. The molecule has 4 rings (SSSR count). The minimum Gasteiger partial charge on any atom is -0.467 e. The zero-order chi connectivity index (χ0) is 18.1. The number of furan rings is 2. The van der Waals surface area contributed by atoms with Gasteiger partial charge in [0.1, 0.15) is 17.2 Å². The second-order valence-electron chi connectivity index (χ2n) is 6.60. The summed E-state index contributed by atoms with van der Waals surface area (Å²) >= 11 is 0. The Morgan fingerprint density at radius 1 is 1.35 bits per heavy atom. The van der Waals surface area contributed by atoms with Gasteiger partial charge in [0.2, 0.25) is 0 Å². The fourth-order valence-corrected chi connectivity index (χ4v) is 3.38. The summed E-state index contributed by atoms with van der Waals surface area (Å²) in [7, 11) is 0. The Hall–Kier alpha value is -2.60. The van der Waals surface area contributed by atoms with Gasteiger partial charge >= 0.3 is 0 Å². The van der Waals surface area contributed by atoms with Crippen LogP contribution in [0.4, 0.5) is 4.39 Å². The lowest BCUT2D eigenvalue weighted by atomic mass is 10.1. The fourth-order valence-electron chi connectivity index (χ4n) is 3.38. The van der Waals surface area contributed by atoms with Gasteiger partial charge in [-0.05, 0) is 50.1 Å². The molecule has 3 heterocycles. The van der Waals surface area contributed by atoms with Crippen molar-refractivity contribution in [1.29, 1.82) is 0 Å². The normalized spacial score (nSPS) is 17.1. The Labute approximate surface area is 150 Å². The van der Waals surface area contributed by atoms with Crippen molar-refractivity contribution in [3.05, 3.63) is 59.5 Å². The number of carbonyl (C=O) groups excluding carboxylic acids is 1. The predicted octanol–water partition coefficient (Wildman–Crippen LogP) is 4.29. The highest BCUT2D eigenvalue weighted by atomic mass is 19.1. The summed E-state index contributed by atoms with van der Waals surface area (Å²) in [6.45, 7) is 3.28. The molecule has 2 aromatic heterocycles. The molecular formula is C20H20FNO4. The van der Waals surface area contributed by atoms with Crippen LogP contribution in [0.25, 0.3) is 11.0 Å². The van der Waals surface area contributed by atoms with Crippen LogP contribution >= 0.6 is 0 Å². The molecule has 1 saturated heterocycles. The summed E-state index contributed by atoms with van der Waals surface area (Å²) in [5.41, 5.74) is 1.14. The number of benzene rings is 1. The zero-order valence-corrected chi connectivity index (χ0v) is 14.5. The molecule has 3 aromatic rings. The van der Waals surface area contributed by atoms with Crippen molar-refractivity contribution in [2.75, 3.05) is 13.2 Å². The maximum absolute atomic E-state index is 13.5. The van der Waals surface area contributed by atoms with Gasteiger partial charge in [-0.15, -0.1) is 0 Å². The highest BCUT2D eigenvalue weighted by Gasteiger charge is 2.28. The molecule has 1 aliphatic heterocycles. The molecule has 1 fully saturated rings. The van der Waals surface area contributed by atoms with Crippen molar-refractivity contribution >= 4 is 16.9 Å². The zero-order valence-electron chi connectivity index (χ0n) is 14.5. The van der Waals surface area contributed by atoms with E-state index in [4.69, 9.17) is 13.6 Å². The lowest BCUT2D eigenvalue weighted by Gasteiger charge is -2.24. The van der Waals surface area contributed by atoms with Gasteiger partial charge < -0.3 is 18.5 Å². The van der Waals surface area contributed by atoms with Gasteiger partial charge in [-0.25, -0.2) is 4.39 Å². The predicted molar refractivity (Wildman–Crippen MR) is 93.3 cm³/mol. The van der Waals surface area contributed by atoms with E-state index in [0.29, 0.717) is 35.4 Å². The van der Waals surface area contributed by atoms with Crippen LogP contribution in [-0.4, -0.2) is 30.1 Å². The number of carbonyl (C=O) groups is 1. The number of aryl methyl sites for hydroxylation is 1. The molecule has 1 atom stereocenters. The van der Waals surface area contributed by atoms with E-state index in [1.807, 2.05) is 6.07 Å². The van der Waals surface area contributed by atoms with E-state index in [0.717, 1.165) is 19.4 Å². The van der Waals surface area contributed by atoms with Crippen LogP contribution in [0.3, 0.4) is 0 Å². The molecule has 0 N–H and O–H groups in total. The number of fused-ring (bicyclic) bond motifs is 1. The van der Waals surface area contributed by atoms with Crippen LogP contribution in [-0.2, 0) is 11.3 Å². The number of ether oxygens (including phenoxy) is 1. The summed E-state index contributed by atoms with van der Waals surface area (Å²) < 4.78 is 30.4. The van der Waals surface area contributed by atoms with Gasteiger partial charge in [0.25, 0.3) is 5.91 Å². The van der Waals surface area contributed by atoms with E-state index in [2.05, 4.69) is 0 Å². The van der Waals surface area contributed by atoms with E-state index >= 15 is 0 Å². The summed E-state index contributed by atoms with van der Waals surface area (Å²) in [6, 6.07) is 7.88. The Morgan fingerprint density at radius 2 is 2.23 bits per heavy atom. The first kappa shape index (κ1) is 16.8. The third-order valence-corrected chi connectivity index (χ3v) is 4.75. The molecule has 1 aliphatic rings. The van der Waals surface area contributed by atoms with Crippen LogP contribution in [0.1, 0.15) is 34.7 Å². The smallest absolute Gasteiger partial charge is 0.290 e. The quantitative estimate of drug-likeness (QED) is 0.683. The Kier molecular flexibility index (Phi) is 4.51. The van der Waals surface area contributed by atoms with Crippen molar-refractivity contribution < 1.29 is 22.8 Å². The average molecular weight is 357 g/mol. The molecule has 1 amide bonds. The molecule has 136 valence electrons. The van der Waals surface area contributed by atoms with Crippen molar-refractivity contribution in [2.45, 2.75) is 32.4 Å². The van der Waals surface area contributed by atoms with E-state index in [1.165, 1.54) is 12.1 Å². The van der Waals surface area contributed by atoms with Crippen molar-refractivity contribution in [2.24, 2.45) is 0 Å². The number of rotatable bonds is 5. The summed E-state index contributed by atoms with van der Waals surface area (Å²) in [6.07, 6.45) is 3.51. The number of amides is 1. The Balaban J connectivity index is 1.65. The second kappa shape index (κ2) is 6.96. The first-order valence-corrected chi connectivity index (χ1v) is 8.74. The number of halogens is 1. The molecule has 0 radical (unpaired) electrons. The molecule has 0 bridgehead atoms. The fraction of sp³-hybridized carbons (Fsp3) is 0.350. The summed E-state index contributed by atoms with van der Waals surface area (Å²) in [4.78, 5) is 14.9. The van der Waals surface area contributed by atoms with Crippen LogP contribution in [0.15, 0.2) is 45.4 Å². The lowest BCUT2D eigenvalue weighted by molar-refractivity contribution is 0.0469. The van der Waals surface area contributed by atoms with Gasteiger partial charge in [0.05, 0.1) is 18.9 Å². The van der Waals surface area contributed by atoms with E-state index < -0.39 is 0 Å². The van der Waals surface area contributed by atoms with Gasteiger partial charge in [0, 0.05) is 24.1 Å². The molecule has 1 aromatic carbocycles. The molecule has 26 heavy (non-hydrogen) atoms. The maximum atomic E-state index is 13.5. The minimum atomic E-state index is -0.354. The number of hydrogen-bond acceptors (Lipinski definition) is 4. The van der Waals surface area contributed by atoms with Gasteiger partial charge in [-0.3, -0.25) is 4.79 Å². The van der Waals surface area contributed by atoms with Crippen LogP contribution < -0.4 is 0 Å². The van der Waals surface area contributed by atoms with E-state index in [-0.39, 0.29) is 23.6 Å². The minimum absolute atomic E-state index is 0.0102. The average Bonchev–Trinajstić information content (AvgIpc) is 3.37. The third-order valence-electron chi connectivity index (χ3n) is 4.75. The molecular weight excluding hydrogens is 337 g/mol. The Bertz CT molecular complexity index is 909. The third kappa shape index (κ3) is 3.24. The van der Waals surface area contributed by atoms with Gasteiger partial charge in [0.15, 0.2) is 5.76 Å². The molecule has 0 spiro atoms. The standard InChI is InChI=1S/C20H20FNO4/c1-13-17-10-14(21)6-7-18(17)26-19(13)20(23)22(11-15-4-2-8-24-15)12-16-5-3-9-25-16/h2,4,6-8,10,16H,3,5,9,11-12H2,1H3. The monoisotopic (exact) mass is 357 g/mol. The summed E-state index contributed by atoms with van der Waals surface area (Å²) in [5.74, 6) is 0.324. The largest absolute Gasteiger partial charge is 0.467 e. The Morgan fingerprint density at radius 3 is 2.96 bits per heavy atom. The van der Waals surface area contributed by atoms with Crippen LogP contribution in [0.2, 0.25) is 0 Å². The molecule has 0 saturated carbocycles. The first-order chi connectivity index (χ1) is 12.6. The molecule has 1 unspecified atom stereocenters. The second-order valence-corrected chi connectivity index (χ2v) is 6.60. The number of hydrogen-bond donors (Lipinski definition) is 0. The SMILES string of the molecule is Cc1c(C(=O)N(Cc2ccco2)CC2CCCO2)oc2ccc(F)cc12. The highest BCUT2D eigenvalue weighted by molar-refractivity contribution is 5.98. The topological polar surface area (TPSA) is 55.8 Å². The molecule has 6 heteroatoms. The van der Waals surface area contributed by atoms with Crippen molar-refractivity contribution in [3.63, 3.8) is 0 Å². The van der Waals surface area contributed by atoms with Gasteiger partial charge in [-0.1, -0.05) is 0 Å². The van der Waals surface area contributed by atoms with Crippen molar-refractivity contribution in [1.82, 2.24) is 4.90 Å². The van der Waals surface area contributed by atoms with Crippen molar-refractivity contribution in [3.8, 4) is 0 Å². The highest BCUT2D eigenvalue weighted by Crippen LogP contribution is 2.28. The van der Waals surface area contributed by atoms with Crippen LogP contribution in [0, 0.1) is 12.7 Å². The first-order valence-electron chi connectivity index (χ1n) is 8.74.